The Morgan fingerprint density at radius 1 is 1.08 bits per heavy atom. The molecule has 0 bridgehead atoms. The lowest BCUT2D eigenvalue weighted by Crippen LogP contribution is -2.20. The predicted octanol–water partition coefficient (Wildman–Crippen LogP) is 3.85. The van der Waals surface area contributed by atoms with Gasteiger partial charge < -0.3 is 14.5 Å². The Morgan fingerprint density at radius 3 is 2.27 bits per heavy atom. The van der Waals surface area contributed by atoms with Crippen LogP contribution in [0.4, 0.5) is 0 Å². The number of ether oxygens (including phenoxy) is 1. The first-order chi connectivity index (χ1) is 12.1. The largest absolute Gasteiger partial charge is 0.457 e. The predicted molar refractivity (Wildman–Crippen MR) is 98.3 cm³/mol. The van der Waals surface area contributed by atoms with Gasteiger partial charge in [-0.05, 0) is 55.2 Å². The van der Waals surface area contributed by atoms with E-state index in [1.54, 1.807) is 48.5 Å². The van der Waals surface area contributed by atoms with E-state index in [1.165, 1.54) is 0 Å². The zero-order valence-electron chi connectivity index (χ0n) is 13.5. The molecule has 0 aliphatic heterocycles. The SMILES string of the molecule is O=P(O)(O)C(CCCc1cccc(Oc2cccc(Cl)c2)c1)S(=O)(=O)O. The third-order valence-corrected chi connectivity index (χ3v) is 7.36. The van der Waals surface area contributed by atoms with Crippen LogP contribution < -0.4 is 4.74 Å². The average molecular weight is 421 g/mol. The van der Waals surface area contributed by atoms with Crippen LogP contribution in [0.1, 0.15) is 18.4 Å². The summed E-state index contributed by atoms with van der Waals surface area (Å²) in [6, 6.07) is 13.9. The third kappa shape index (κ3) is 6.39. The summed E-state index contributed by atoms with van der Waals surface area (Å²) in [5.74, 6) is 1.11. The molecule has 2 aromatic carbocycles. The van der Waals surface area contributed by atoms with Crippen molar-refractivity contribution in [3.05, 3.63) is 59.1 Å². The molecule has 0 aliphatic rings. The molecule has 1 atom stereocenters. The lowest BCUT2D eigenvalue weighted by atomic mass is 10.1. The van der Waals surface area contributed by atoms with Gasteiger partial charge in [0.25, 0.3) is 10.1 Å². The quantitative estimate of drug-likeness (QED) is 0.438. The van der Waals surface area contributed by atoms with Crippen molar-refractivity contribution in [1.29, 1.82) is 0 Å². The fourth-order valence-electron chi connectivity index (χ4n) is 2.40. The molecule has 2 aromatic rings. The number of benzene rings is 2. The Labute approximate surface area is 156 Å². The highest BCUT2D eigenvalue weighted by molar-refractivity contribution is 7.93. The Hall–Kier alpha value is -1.41. The van der Waals surface area contributed by atoms with Gasteiger partial charge in [-0.1, -0.05) is 29.8 Å². The fraction of sp³-hybridized carbons (Fsp3) is 0.250. The first-order valence-corrected chi connectivity index (χ1v) is 11.2. The first-order valence-electron chi connectivity index (χ1n) is 7.59. The Bertz CT molecular complexity index is 910. The number of aryl methyl sites for hydroxylation is 1. The van der Waals surface area contributed by atoms with E-state index in [9.17, 15) is 13.0 Å². The van der Waals surface area contributed by atoms with Crippen LogP contribution in [0, 0.1) is 0 Å². The van der Waals surface area contributed by atoms with Gasteiger partial charge in [-0.2, -0.15) is 8.42 Å². The monoisotopic (exact) mass is 420 g/mol. The summed E-state index contributed by atoms with van der Waals surface area (Å²) in [6.45, 7) is 0. The molecule has 0 spiro atoms. The topological polar surface area (TPSA) is 121 Å². The lowest BCUT2D eigenvalue weighted by molar-refractivity contribution is 0.360. The van der Waals surface area contributed by atoms with E-state index in [4.69, 9.17) is 30.7 Å². The van der Waals surface area contributed by atoms with Crippen molar-refractivity contribution in [2.24, 2.45) is 0 Å². The summed E-state index contributed by atoms with van der Waals surface area (Å²) in [5.41, 5.74) is 0.796. The van der Waals surface area contributed by atoms with Gasteiger partial charge in [0.1, 0.15) is 11.5 Å². The third-order valence-electron chi connectivity index (χ3n) is 3.57. The smallest absolute Gasteiger partial charge is 0.346 e. The van der Waals surface area contributed by atoms with Crippen LogP contribution in [-0.2, 0) is 21.1 Å². The maximum atomic E-state index is 11.2. The van der Waals surface area contributed by atoms with Gasteiger partial charge in [-0.15, -0.1) is 0 Å². The first kappa shape index (κ1) is 20.9. The summed E-state index contributed by atoms with van der Waals surface area (Å²) in [4.78, 5) is 16.1. The highest BCUT2D eigenvalue weighted by Gasteiger charge is 2.38. The number of rotatable bonds is 8. The van der Waals surface area contributed by atoms with Gasteiger partial charge in [0.15, 0.2) is 4.99 Å². The molecule has 0 fully saturated rings. The van der Waals surface area contributed by atoms with E-state index in [2.05, 4.69) is 0 Å². The molecule has 10 heteroatoms. The molecule has 0 saturated carbocycles. The average Bonchev–Trinajstić information content (AvgIpc) is 2.49. The lowest BCUT2D eigenvalue weighted by Gasteiger charge is -2.15. The van der Waals surface area contributed by atoms with Gasteiger partial charge in [-0.25, -0.2) is 0 Å². The number of hydrogen-bond donors (Lipinski definition) is 3. The molecule has 142 valence electrons. The molecule has 26 heavy (non-hydrogen) atoms. The van der Waals surface area contributed by atoms with E-state index in [-0.39, 0.29) is 12.8 Å². The zero-order chi connectivity index (χ0) is 19.4. The molecule has 2 rings (SSSR count). The maximum Gasteiger partial charge on any atom is 0.346 e. The van der Waals surface area contributed by atoms with Crippen molar-refractivity contribution in [3.63, 3.8) is 0 Å². The molecule has 0 amide bonds. The van der Waals surface area contributed by atoms with Crippen molar-refractivity contribution in [2.45, 2.75) is 24.3 Å². The van der Waals surface area contributed by atoms with Crippen LogP contribution >= 0.6 is 19.2 Å². The van der Waals surface area contributed by atoms with Crippen LogP contribution in [-0.4, -0.2) is 27.7 Å². The number of hydrogen-bond acceptors (Lipinski definition) is 4. The minimum absolute atomic E-state index is 0.163. The van der Waals surface area contributed by atoms with Gasteiger partial charge in [0.05, 0.1) is 0 Å². The summed E-state index contributed by atoms with van der Waals surface area (Å²) in [5, 5.41) is 0.535. The van der Waals surface area contributed by atoms with E-state index >= 15 is 0 Å². The maximum absolute atomic E-state index is 11.2. The normalized spacial score (nSPS) is 13.4. The second-order valence-corrected chi connectivity index (χ2v) is 9.84. The summed E-state index contributed by atoms with van der Waals surface area (Å²) < 4.78 is 48.2. The van der Waals surface area contributed by atoms with Crippen LogP contribution in [0.25, 0.3) is 0 Å². The fourth-order valence-corrected chi connectivity index (χ4v) is 4.95. The van der Waals surface area contributed by atoms with Crippen molar-refractivity contribution in [1.82, 2.24) is 0 Å². The molecule has 1 unspecified atom stereocenters. The van der Waals surface area contributed by atoms with Crippen LogP contribution in [0.2, 0.25) is 5.02 Å². The Balaban J connectivity index is 2.01. The summed E-state index contributed by atoms with van der Waals surface area (Å²) in [6.07, 6.45) is 0.164. The molecule has 0 radical (unpaired) electrons. The van der Waals surface area contributed by atoms with Crippen molar-refractivity contribution in [3.8, 4) is 11.5 Å². The highest BCUT2D eigenvalue weighted by atomic mass is 35.5. The molecule has 0 aliphatic carbocycles. The van der Waals surface area contributed by atoms with E-state index < -0.39 is 22.7 Å². The zero-order valence-corrected chi connectivity index (χ0v) is 16.0. The second-order valence-electron chi connectivity index (χ2n) is 5.66. The molecule has 0 aromatic heterocycles. The second kappa shape index (κ2) is 8.52. The van der Waals surface area contributed by atoms with E-state index in [0.29, 0.717) is 22.9 Å². The highest BCUT2D eigenvalue weighted by Crippen LogP contribution is 2.46. The Kier molecular flexibility index (Phi) is 6.85. The molecule has 3 N–H and O–H groups in total. The summed E-state index contributed by atoms with van der Waals surface area (Å²) >= 11 is 5.90. The molecular weight excluding hydrogens is 403 g/mol. The molecule has 7 nitrogen and oxygen atoms in total. The van der Waals surface area contributed by atoms with Crippen LogP contribution in [0.5, 0.6) is 11.5 Å². The standard InChI is InChI=1S/C16H18ClO7PS/c17-13-6-3-8-15(11-13)24-14-7-1-4-12(10-14)5-2-9-16(25(18,19)20)26(21,22)23/h1,3-4,6-8,10-11,16H,2,5,9H2,(H2,18,19,20)(H,21,22,23). The molecular formula is C16H18ClO7PS. The Morgan fingerprint density at radius 2 is 1.69 bits per heavy atom. The van der Waals surface area contributed by atoms with Gasteiger partial charge >= 0.3 is 7.60 Å². The minimum Gasteiger partial charge on any atom is -0.457 e. The van der Waals surface area contributed by atoms with Gasteiger partial charge in [0, 0.05) is 5.02 Å². The van der Waals surface area contributed by atoms with E-state index in [0.717, 1.165) is 5.56 Å². The van der Waals surface area contributed by atoms with Crippen LogP contribution in [0.15, 0.2) is 48.5 Å². The molecule has 0 saturated heterocycles. The molecule has 0 heterocycles. The van der Waals surface area contributed by atoms with Gasteiger partial charge in [0.2, 0.25) is 0 Å². The minimum atomic E-state index is -4.95. The van der Waals surface area contributed by atoms with E-state index in [1.807, 2.05) is 0 Å². The summed E-state index contributed by atoms with van der Waals surface area (Å²) in [7, 11) is -9.78. The van der Waals surface area contributed by atoms with Crippen molar-refractivity contribution < 1.29 is 32.1 Å². The number of halogens is 1. The van der Waals surface area contributed by atoms with Crippen LogP contribution in [0.3, 0.4) is 0 Å². The van der Waals surface area contributed by atoms with Crippen molar-refractivity contribution >= 4 is 29.3 Å². The van der Waals surface area contributed by atoms with Crippen molar-refractivity contribution in [2.75, 3.05) is 0 Å². The van der Waals surface area contributed by atoms with Gasteiger partial charge in [-0.3, -0.25) is 9.12 Å².